The molecule has 1 aromatic carbocycles. The average molecular weight is 274 g/mol. The molecule has 1 aliphatic carbocycles. The third kappa shape index (κ3) is 2.25. The zero-order chi connectivity index (χ0) is 14.8. The highest BCUT2D eigenvalue weighted by Crippen LogP contribution is 2.33. The molecule has 0 fully saturated rings. The molecule has 0 bridgehead atoms. The lowest BCUT2D eigenvalue weighted by molar-refractivity contribution is -0.114. The van der Waals surface area contributed by atoms with Crippen LogP contribution in [-0.2, 0) is 17.6 Å². The lowest BCUT2D eigenvalue weighted by Crippen LogP contribution is -2.16. The van der Waals surface area contributed by atoms with E-state index >= 15 is 0 Å². The van der Waals surface area contributed by atoms with Crippen molar-refractivity contribution in [3.63, 3.8) is 0 Å². The van der Waals surface area contributed by atoms with E-state index in [1.54, 1.807) is 6.20 Å². The van der Waals surface area contributed by atoms with Crippen molar-refractivity contribution < 1.29 is 4.79 Å². The molecule has 3 nitrogen and oxygen atoms in total. The molecule has 0 unspecified atom stereocenters. The maximum atomic E-state index is 12.2. The van der Waals surface area contributed by atoms with Gasteiger partial charge in [0.2, 0.25) is 0 Å². The fraction of sp³-hybridized carbons (Fsp3) is 0.167. The standard InChI is InChI=1S/C18H14N2O/c1-2-12-5-7-13(8-6-12)17-15(11-19)16(21)10-14-4-3-9-20-18(14)17/h3-9H,2,10H2,1H3. The molecule has 0 radical (unpaired) electrons. The number of rotatable bonds is 2. The Morgan fingerprint density at radius 3 is 2.67 bits per heavy atom. The lowest BCUT2D eigenvalue weighted by Gasteiger charge is -2.18. The molecule has 1 aliphatic rings. The second-order valence-corrected chi connectivity index (χ2v) is 5.02. The summed E-state index contributed by atoms with van der Waals surface area (Å²) in [6.07, 6.45) is 2.91. The van der Waals surface area contributed by atoms with Crippen molar-refractivity contribution in [2.75, 3.05) is 0 Å². The van der Waals surface area contributed by atoms with Crippen LogP contribution in [0.5, 0.6) is 0 Å². The summed E-state index contributed by atoms with van der Waals surface area (Å²) in [4.78, 5) is 16.6. The van der Waals surface area contributed by atoms with Gasteiger partial charge >= 0.3 is 0 Å². The first-order chi connectivity index (χ1) is 10.2. The lowest BCUT2D eigenvalue weighted by atomic mass is 9.85. The molecule has 0 saturated heterocycles. The van der Waals surface area contributed by atoms with Gasteiger partial charge in [0.15, 0.2) is 5.78 Å². The Bertz CT molecular complexity index is 780. The van der Waals surface area contributed by atoms with E-state index in [4.69, 9.17) is 0 Å². The number of allylic oxidation sites excluding steroid dienone is 1. The van der Waals surface area contributed by atoms with Gasteiger partial charge in [-0.15, -0.1) is 0 Å². The smallest absolute Gasteiger partial charge is 0.178 e. The second kappa shape index (κ2) is 5.34. The van der Waals surface area contributed by atoms with E-state index < -0.39 is 0 Å². The number of nitriles is 1. The number of benzene rings is 1. The predicted octanol–water partition coefficient (Wildman–Crippen LogP) is 3.09. The molecule has 102 valence electrons. The quantitative estimate of drug-likeness (QED) is 0.845. The molecule has 0 spiro atoms. The first-order valence-corrected chi connectivity index (χ1v) is 6.95. The number of hydrogen-bond acceptors (Lipinski definition) is 3. The van der Waals surface area contributed by atoms with E-state index in [0.29, 0.717) is 5.57 Å². The summed E-state index contributed by atoms with van der Waals surface area (Å²) >= 11 is 0. The monoisotopic (exact) mass is 274 g/mol. The van der Waals surface area contributed by atoms with E-state index in [-0.39, 0.29) is 17.8 Å². The highest BCUT2D eigenvalue weighted by atomic mass is 16.1. The maximum absolute atomic E-state index is 12.2. The summed E-state index contributed by atoms with van der Waals surface area (Å²) in [5.41, 5.74) is 4.60. The Hall–Kier alpha value is -2.73. The summed E-state index contributed by atoms with van der Waals surface area (Å²) in [6, 6.07) is 13.8. The fourth-order valence-electron chi connectivity index (χ4n) is 2.63. The molecule has 0 atom stereocenters. The number of pyridine rings is 1. The number of carbonyl (C=O) groups is 1. The summed E-state index contributed by atoms with van der Waals surface area (Å²) in [5, 5.41) is 9.36. The number of carbonyl (C=O) groups excluding carboxylic acids is 1. The number of fused-ring (bicyclic) bond motifs is 1. The minimum Gasteiger partial charge on any atom is -0.293 e. The Balaban J connectivity index is 2.24. The van der Waals surface area contributed by atoms with Gasteiger partial charge in [0.05, 0.1) is 5.69 Å². The predicted molar refractivity (Wildman–Crippen MR) is 80.4 cm³/mol. The van der Waals surface area contributed by atoms with Crippen molar-refractivity contribution in [2.45, 2.75) is 19.8 Å². The first kappa shape index (κ1) is 13.3. The number of ketones is 1. The second-order valence-electron chi connectivity index (χ2n) is 5.02. The normalized spacial score (nSPS) is 13.8. The van der Waals surface area contributed by atoms with Gasteiger partial charge in [-0.05, 0) is 29.2 Å². The van der Waals surface area contributed by atoms with Crippen LogP contribution in [0.1, 0.15) is 29.3 Å². The molecule has 21 heavy (non-hydrogen) atoms. The van der Waals surface area contributed by atoms with Gasteiger partial charge in [-0.1, -0.05) is 37.3 Å². The Morgan fingerprint density at radius 2 is 2.00 bits per heavy atom. The van der Waals surface area contributed by atoms with Crippen molar-refractivity contribution in [3.05, 3.63) is 70.6 Å². The molecule has 1 heterocycles. The topological polar surface area (TPSA) is 53.8 Å². The van der Waals surface area contributed by atoms with E-state index in [1.807, 2.05) is 36.4 Å². The Labute approximate surface area is 123 Å². The summed E-state index contributed by atoms with van der Waals surface area (Å²) in [6.45, 7) is 2.09. The minimum atomic E-state index is -0.132. The van der Waals surface area contributed by atoms with Gasteiger partial charge < -0.3 is 0 Å². The Kier molecular flexibility index (Phi) is 3.37. The molecule has 0 aliphatic heterocycles. The van der Waals surface area contributed by atoms with Crippen molar-refractivity contribution in [1.29, 1.82) is 5.26 Å². The molecule has 2 aromatic rings. The molecule has 3 rings (SSSR count). The molecule has 0 N–H and O–H groups in total. The van der Waals surface area contributed by atoms with Gasteiger partial charge in [0.25, 0.3) is 0 Å². The van der Waals surface area contributed by atoms with Crippen LogP contribution in [0.3, 0.4) is 0 Å². The van der Waals surface area contributed by atoms with E-state index in [0.717, 1.165) is 23.2 Å². The largest absolute Gasteiger partial charge is 0.293 e. The molecular formula is C18H14N2O. The maximum Gasteiger partial charge on any atom is 0.178 e. The van der Waals surface area contributed by atoms with Crippen molar-refractivity contribution in [1.82, 2.24) is 4.98 Å². The van der Waals surface area contributed by atoms with Gasteiger partial charge in [-0.25, -0.2) is 0 Å². The third-order valence-corrected chi connectivity index (χ3v) is 3.77. The highest BCUT2D eigenvalue weighted by molar-refractivity contribution is 6.12. The van der Waals surface area contributed by atoms with Crippen molar-refractivity contribution >= 4 is 11.4 Å². The minimum absolute atomic E-state index is 0.132. The van der Waals surface area contributed by atoms with Crippen LogP contribution < -0.4 is 0 Å². The number of hydrogen-bond donors (Lipinski definition) is 0. The SMILES string of the molecule is CCc1ccc(C2=C(C#N)C(=O)Cc3cccnc32)cc1. The molecule has 0 saturated carbocycles. The first-order valence-electron chi connectivity index (χ1n) is 6.95. The summed E-state index contributed by atoms with van der Waals surface area (Å²) in [7, 11) is 0. The average Bonchev–Trinajstić information content (AvgIpc) is 2.53. The van der Waals surface area contributed by atoms with Gasteiger partial charge in [-0.2, -0.15) is 5.26 Å². The van der Waals surface area contributed by atoms with E-state index in [2.05, 4.69) is 18.0 Å². The van der Waals surface area contributed by atoms with Crippen LogP contribution in [0.15, 0.2) is 48.2 Å². The summed E-state index contributed by atoms with van der Waals surface area (Å²) in [5.74, 6) is -0.132. The molecule has 3 heteroatoms. The molecule has 0 amide bonds. The van der Waals surface area contributed by atoms with Gasteiger partial charge in [-0.3, -0.25) is 9.78 Å². The van der Waals surface area contributed by atoms with Crippen LogP contribution in [0, 0.1) is 11.3 Å². The number of nitrogens with zero attached hydrogens (tertiary/aromatic N) is 2. The Morgan fingerprint density at radius 1 is 1.24 bits per heavy atom. The number of aromatic nitrogens is 1. The summed E-state index contributed by atoms with van der Waals surface area (Å²) < 4.78 is 0. The fourth-order valence-corrected chi connectivity index (χ4v) is 2.63. The third-order valence-electron chi connectivity index (χ3n) is 3.77. The van der Waals surface area contributed by atoms with Crippen LogP contribution in [0.2, 0.25) is 0 Å². The molecular weight excluding hydrogens is 260 g/mol. The van der Waals surface area contributed by atoms with Crippen LogP contribution in [0.25, 0.3) is 5.57 Å². The van der Waals surface area contributed by atoms with Crippen molar-refractivity contribution in [2.24, 2.45) is 0 Å². The van der Waals surface area contributed by atoms with Gasteiger partial charge in [0.1, 0.15) is 11.6 Å². The van der Waals surface area contributed by atoms with E-state index in [1.165, 1.54) is 5.56 Å². The van der Waals surface area contributed by atoms with Crippen LogP contribution in [0.4, 0.5) is 0 Å². The van der Waals surface area contributed by atoms with Crippen molar-refractivity contribution in [3.8, 4) is 6.07 Å². The van der Waals surface area contributed by atoms with Crippen LogP contribution >= 0.6 is 0 Å². The van der Waals surface area contributed by atoms with Crippen LogP contribution in [-0.4, -0.2) is 10.8 Å². The zero-order valence-corrected chi connectivity index (χ0v) is 11.8. The highest BCUT2D eigenvalue weighted by Gasteiger charge is 2.27. The zero-order valence-electron chi connectivity index (χ0n) is 11.8. The van der Waals surface area contributed by atoms with Gasteiger partial charge in [0, 0.05) is 18.2 Å². The molecule has 1 aromatic heterocycles. The number of Topliss-reactive ketones (excluding diaryl/α,β-unsaturated/α-hetero) is 1. The number of aryl methyl sites for hydroxylation is 1. The van der Waals surface area contributed by atoms with E-state index in [9.17, 15) is 10.1 Å².